The molecular weight excluding hydrogens is 272 g/mol. The summed E-state index contributed by atoms with van der Waals surface area (Å²) in [5.41, 5.74) is 1.86. The second-order valence-corrected chi connectivity index (χ2v) is 6.31. The molecule has 0 radical (unpaired) electrons. The molecule has 0 saturated carbocycles. The van der Waals surface area contributed by atoms with Crippen LogP contribution in [0.25, 0.3) is 4.96 Å². The van der Waals surface area contributed by atoms with E-state index in [9.17, 15) is 4.79 Å². The molecule has 0 spiro atoms. The van der Waals surface area contributed by atoms with Crippen LogP contribution in [0.3, 0.4) is 0 Å². The van der Waals surface area contributed by atoms with E-state index < -0.39 is 0 Å². The standard InChI is InChI=1S/C14H20N4OS/c1-10-9-20-14-16-11(7-13(19)18(10)14)8-17(2)12-3-5-15-6-4-12/h7,9,12,15H,3-6,8H2,1-2H3. The molecule has 1 saturated heterocycles. The fourth-order valence-corrected chi connectivity index (χ4v) is 3.70. The van der Waals surface area contributed by atoms with Crippen LogP contribution in [0.4, 0.5) is 0 Å². The van der Waals surface area contributed by atoms with Crippen molar-refractivity contribution >= 4 is 16.3 Å². The first-order valence-corrected chi connectivity index (χ1v) is 7.91. The minimum Gasteiger partial charge on any atom is -0.317 e. The number of aromatic nitrogens is 2. The molecule has 5 nitrogen and oxygen atoms in total. The molecule has 0 aliphatic carbocycles. The molecule has 0 bridgehead atoms. The van der Waals surface area contributed by atoms with Crippen LogP contribution < -0.4 is 10.9 Å². The summed E-state index contributed by atoms with van der Waals surface area (Å²) in [4.78, 5) is 19.9. The monoisotopic (exact) mass is 292 g/mol. The van der Waals surface area contributed by atoms with E-state index in [0.29, 0.717) is 6.04 Å². The predicted molar refractivity (Wildman–Crippen MR) is 81.4 cm³/mol. The van der Waals surface area contributed by atoms with E-state index in [-0.39, 0.29) is 5.56 Å². The normalized spacial score (nSPS) is 17.1. The van der Waals surface area contributed by atoms with E-state index in [1.54, 1.807) is 10.5 Å². The van der Waals surface area contributed by atoms with E-state index in [4.69, 9.17) is 0 Å². The average Bonchev–Trinajstić information content (AvgIpc) is 2.81. The van der Waals surface area contributed by atoms with Gasteiger partial charge in [-0.2, -0.15) is 0 Å². The minimum absolute atomic E-state index is 0.0301. The second-order valence-electron chi connectivity index (χ2n) is 5.48. The van der Waals surface area contributed by atoms with E-state index in [0.717, 1.165) is 48.8 Å². The van der Waals surface area contributed by atoms with E-state index in [2.05, 4.69) is 22.2 Å². The van der Waals surface area contributed by atoms with Gasteiger partial charge in [-0.25, -0.2) is 4.98 Å². The number of piperidine rings is 1. The van der Waals surface area contributed by atoms with Crippen LogP contribution >= 0.6 is 11.3 Å². The summed E-state index contributed by atoms with van der Waals surface area (Å²) in [6.07, 6.45) is 2.33. The number of hydrogen-bond acceptors (Lipinski definition) is 5. The Bertz CT molecular complexity index is 657. The lowest BCUT2D eigenvalue weighted by Crippen LogP contribution is -2.41. The maximum atomic E-state index is 12.1. The first-order valence-electron chi connectivity index (χ1n) is 7.03. The number of fused-ring (bicyclic) bond motifs is 1. The van der Waals surface area contributed by atoms with Crippen molar-refractivity contribution in [2.24, 2.45) is 0 Å². The van der Waals surface area contributed by atoms with Gasteiger partial charge in [0.1, 0.15) is 0 Å². The third-order valence-electron chi connectivity index (χ3n) is 3.97. The SMILES string of the molecule is Cc1csc2nc(CN(C)C3CCNCC3)cc(=O)n12. The zero-order chi connectivity index (χ0) is 14.1. The maximum absolute atomic E-state index is 12.1. The molecule has 2 aromatic heterocycles. The van der Waals surface area contributed by atoms with Crippen molar-refractivity contribution in [3.05, 3.63) is 33.2 Å². The van der Waals surface area contributed by atoms with Gasteiger partial charge in [0.2, 0.25) is 0 Å². The van der Waals surface area contributed by atoms with Gasteiger partial charge in [0.25, 0.3) is 5.56 Å². The fraction of sp³-hybridized carbons (Fsp3) is 0.571. The molecule has 0 atom stereocenters. The summed E-state index contributed by atoms with van der Waals surface area (Å²) in [5.74, 6) is 0. The smallest absolute Gasteiger partial charge is 0.259 e. The number of hydrogen-bond donors (Lipinski definition) is 1. The van der Waals surface area contributed by atoms with Crippen LogP contribution in [0.2, 0.25) is 0 Å². The van der Waals surface area contributed by atoms with Gasteiger partial charge >= 0.3 is 0 Å². The number of nitrogens with zero attached hydrogens (tertiary/aromatic N) is 3. The topological polar surface area (TPSA) is 49.6 Å². The zero-order valence-corrected chi connectivity index (χ0v) is 12.7. The van der Waals surface area contributed by atoms with Crippen LogP contribution in [0.1, 0.15) is 24.2 Å². The molecule has 1 fully saturated rings. The lowest BCUT2D eigenvalue weighted by Gasteiger charge is -2.31. The van der Waals surface area contributed by atoms with Gasteiger partial charge in [-0.05, 0) is 39.9 Å². The third-order valence-corrected chi connectivity index (χ3v) is 4.92. The molecule has 1 N–H and O–H groups in total. The molecule has 1 aliphatic rings. The third kappa shape index (κ3) is 2.63. The van der Waals surface area contributed by atoms with Gasteiger partial charge in [-0.3, -0.25) is 14.1 Å². The predicted octanol–water partition coefficient (Wildman–Crippen LogP) is 1.25. The van der Waals surface area contributed by atoms with E-state index in [1.807, 2.05) is 12.3 Å². The van der Waals surface area contributed by atoms with Crippen molar-refractivity contribution in [1.82, 2.24) is 19.6 Å². The van der Waals surface area contributed by atoms with Gasteiger partial charge in [-0.1, -0.05) is 0 Å². The Morgan fingerprint density at radius 2 is 2.25 bits per heavy atom. The minimum atomic E-state index is 0.0301. The molecule has 108 valence electrons. The van der Waals surface area contributed by atoms with Gasteiger partial charge in [0.05, 0.1) is 5.69 Å². The quantitative estimate of drug-likeness (QED) is 0.925. The molecule has 3 rings (SSSR count). The Kier molecular flexibility index (Phi) is 3.87. The summed E-state index contributed by atoms with van der Waals surface area (Å²) < 4.78 is 1.68. The van der Waals surface area contributed by atoms with E-state index in [1.165, 1.54) is 11.3 Å². The highest BCUT2D eigenvalue weighted by atomic mass is 32.1. The highest BCUT2D eigenvalue weighted by molar-refractivity contribution is 7.15. The Morgan fingerprint density at radius 3 is 3.00 bits per heavy atom. The van der Waals surface area contributed by atoms with Crippen molar-refractivity contribution < 1.29 is 0 Å². The fourth-order valence-electron chi connectivity index (χ4n) is 2.81. The number of aryl methyl sites for hydroxylation is 1. The zero-order valence-electron chi connectivity index (χ0n) is 11.9. The van der Waals surface area contributed by atoms with Crippen molar-refractivity contribution in [3.63, 3.8) is 0 Å². The van der Waals surface area contributed by atoms with Crippen molar-refractivity contribution in [1.29, 1.82) is 0 Å². The van der Waals surface area contributed by atoms with Crippen LogP contribution in [0.5, 0.6) is 0 Å². The Morgan fingerprint density at radius 1 is 1.50 bits per heavy atom. The van der Waals surface area contributed by atoms with Crippen LogP contribution in [-0.4, -0.2) is 40.5 Å². The molecule has 20 heavy (non-hydrogen) atoms. The Balaban J connectivity index is 1.82. The van der Waals surface area contributed by atoms with Crippen LogP contribution in [-0.2, 0) is 6.54 Å². The molecule has 1 aliphatic heterocycles. The highest BCUT2D eigenvalue weighted by Crippen LogP contribution is 2.15. The van der Waals surface area contributed by atoms with Crippen LogP contribution in [0.15, 0.2) is 16.2 Å². The lowest BCUT2D eigenvalue weighted by atomic mass is 10.1. The Labute approximate surface area is 122 Å². The van der Waals surface area contributed by atoms with Crippen LogP contribution in [0, 0.1) is 6.92 Å². The van der Waals surface area contributed by atoms with E-state index >= 15 is 0 Å². The molecular formula is C14H20N4OS. The number of thiazole rings is 1. The van der Waals surface area contributed by atoms with Crippen molar-refractivity contribution in [2.45, 2.75) is 32.4 Å². The molecule has 0 aromatic carbocycles. The Hall–Kier alpha value is -1.24. The molecule has 0 unspecified atom stereocenters. The molecule has 3 heterocycles. The largest absolute Gasteiger partial charge is 0.317 e. The summed E-state index contributed by atoms with van der Waals surface area (Å²) in [7, 11) is 2.12. The van der Waals surface area contributed by atoms with Gasteiger partial charge in [-0.15, -0.1) is 11.3 Å². The maximum Gasteiger partial charge on any atom is 0.259 e. The summed E-state index contributed by atoms with van der Waals surface area (Å²) in [6.45, 7) is 4.84. The van der Waals surface area contributed by atoms with Gasteiger partial charge in [0.15, 0.2) is 4.96 Å². The number of rotatable bonds is 3. The van der Waals surface area contributed by atoms with Gasteiger partial charge < -0.3 is 5.32 Å². The lowest BCUT2D eigenvalue weighted by molar-refractivity contribution is 0.190. The molecule has 2 aromatic rings. The molecule has 0 amide bonds. The summed E-state index contributed by atoms with van der Waals surface area (Å²) >= 11 is 1.53. The van der Waals surface area contributed by atoms with Crippen molar-refractivity contribution in [2.75, 3.05) is 20.1 Å². The summed E-state index contributed by atoms with van der Waals surface area (Å²) in [6, 6.07) is 2.26. The molecule has 6 heteroatoms. The first kappa shape index (κ1) is 13.7. The average molecular weight is 292 g/mol. The second kappa shape index (κ2) is 5.63. The highest BCUT2D eigenvalue weighted by Gasteiger charge is 2.18. The summed E-state index contributed by atoms with van der Waals surface area (Å²) in [5, 5.41) is 5.35. The van der Waals surface area contributed by atoms with Gasteiger partial charge in [0, 0.05) is 29.7 Å². The number of nitrogens with one attached hydrogen (secondary N) is 1. The van der Waals surface area contributed by atoms with Crippen molar-refractivity contribution in [3.8, 4) is 0 Å². The first-order chi connectivity index (χ1) is 9.65.